The summed E-state index contributed by atoms with van der Waals surface area (Å²) in [6.45, 7) is 5.79. The van der Waals surface area contributed by atoms with E-state index >= 15 is 0 Å². The Labute approximate surface area is 169 Å². The zero-order valence-electron chi connectivity index (χ0n) is 16.1. The molecule has 0 aliphatic rings. The maximum atomic E-state index is 13.3. The maximum Gasteiger partial charge on any atom is 0.203 e. The zero-order valence-corrected chi connectivity index (χ0v) is 16.9. The summed E-state index contributed by atoms with van der Waals surface area (Å²) >= 11 is 5.63. The maximum absolute atomic E-state index is 13.3. The molecule has 0 saturated carbocycles. The van der Waals surface area contributed by atoms with Gasteiger partial charge in [0, 0.05) is 17.7 Å². The smallest absolute Gasteiger partial charge is 0.203 e. The van der Waals surface area contributed by atoms with Crippen molar-refractivity contribution >= 4 is 12.2 Å². The highest BCUT2D eigenvalue weighted by Gasteiger charge is 2.15. The predicted molar refractivity (Wildman–Crippen MR) is 110 cm³/mol. The molecule has 3 aromatic rings. The molecule has 28 heavy (non-hydrogen) atoms. The van der Waals surface area contributed by atoms with Crippen LogP contribution in [0.2, 0.25) is 0 Å². The average Bonchev–Trinajstić information content (AvgIpc) is 2.99. The van der Waals surface area contributed by atoms with Crippen molar-refractivity contribution in [1.82, 2.24) is 14.3 Å². The Hall–Kier alpha value is -2.77. The quantitative estimate of drug-likeness (QED) is 0.467. The summed E-state index contributed by atoms with van der Waals surface area (Å²) in [7, 11) is 3.75. The van der Waals surface area contributed by atoms with Crippen molar-refractivity contribution in [3.05, 3.63) is 77.3 Å². The van der Waals surface area contributed by atoms with E-state index in [1.54, 1.807) is 25.3 Å². The molecule has 1 atom stereocenters. The number of halogens is 1. The molecule has 1 N–H and O–H groups in total. The molecule has 0 aliphatic heterocycles. The molecule has 5 nitrogen and oxygen atoms in total. The van der Waals surface area contributed by atoms with E-state index in [0.717, 1.165) is 17.9 Å². The molecule has 0 bridgehead atoms. The third-order valence-corrected chi connectivity index (χ3v) is 4.85. The van der Waals surface area contributed by atoms with Crippen molar-refractivity contribution < 1.29 is 14.0 Å². The monoisotopic (exact) mass is 399 g/mol. The summed E-state index contributed by atoms with van der Waals surface area (Å²) in [5, 5.41) is 4.70. The zero-order chi connectivity index (χ0) is 20.1. The van der Waals surface area contributed by atoms with Gasteiger partial charge in [0.2, 0.25) is 4.77 Å². The van der Waals surface area contributed by atoms with Gasteiger partial charge in [0.25, 0.3) is 0 Å². The fraction of sp³-hybridized carbons (Fsp3) is 0.238. The topological polar surface area (TPSA) is 36.4 Å². The Morgan fingerprint density at radius 1 is 1.18 bits per heavy atom. The van der Waals surface area contributed by atoms with Gasteiger partial charge >= 0.3 is 0 Å². The predicted octanol–water partition coefficient (Wildman–Crippen LogP) is 3.09. The lowest BCUT2D eigenvalue weighted by molar-refractivity contribution is -0.917. The van der Waals surface area contributed by atoms with Crippen molar-refractivity contribution in [3.8, 4) is 17.1 Å². The first kappa shape index (κ1) is 20.0. The lowest BCUT2D eigenvalue weighted by Gasteiger charge is -2.14. The second-order valence-corrected chi connectivity index (χ2v) is 7.02. The van der Waals surface area contributed by atoms with Crippen molar-refractivity contribution in [2.45, 2.75) is 19.8 Å². The van der Waals surface area contributed by atoms with Gasteiger partial charge < -0.3 is 9.64 Å². The van der Waals surface area contributed by atoms with Gasteiger partial charge in [0.15, 0.2) is 12.5 Å². The summed E-state index contributed by atoms with van der Waals surface area (Å²) < 4.78 is 22.8. The Kier molecular flexibility index (Phi) is 6.38. The highest BCUT2D eigenvalue weighted by molar-refractivity contribution is 7.71. The third kappa shape index (κ3) is 4.55. The van der Waals surface area contributed by atoms with Crippen molar-refractivity contribution in [3.63, 3.8) is 0 Å². The molecule has 3 rings (SSSR count). The molecule has 1 unspecified atom stereocenters. The molecule has 146 valence electrons. The molecule has 0 radical (unpaired) electrons. The highest BCUT2D eigenvalue weighted by atomic mass is 32.1. The number of nitrogens with zero attached hydrogens (tertiary/aromatic N) is 3. The molecule has 0 fully saturated rings. The Balaban J connectivity index is 1.82. The van der Waals surface area contributed by atoms with Crippen LogP contribution in [-0.2, 0) is 19.8 Å². The summed E-state index contributed by atoms with van der Waals surface area (Å²) in [4.78, 5) is 1.23. The SMILES string of the molecule is C=CCn1c(-c2ccc(F)cc2)nn(C[NH+](C)Cc2ccc(OC)cc2)c1=S. The number of methoxy groups -OCH3 is 1. The molecule has 7 heteroatoms. The number of hydrogen-bond acceptors (Lipinski definition) is 3. The molecule has 1 heterocycles. The second-order valence-electron chi connectivity index (χ2n) is 6.65. The molecule has 0 spiro atoms. The molecule has 0 amide bonds. The van der Waals surface area contributed by atoms with Gasteiger partial charge in [-0.1, -0.05) is 6.08 Å². The van der Waals surface area contributed by atoms with Crippen LogP contribution in [0.5, 0.6) is 5.75 Å². The van der Waals surface area contributed by atoms with Crippen LogP contribution < -0.4 is 9.64 Å². The number of allylic oxidation sites excluding steroid dienone is 1. The number of quaternary nitrogens is 1. The van der Waals surface area contributed by atoms with Gasteiger partial charge in [-0.15, -0.1) is 11.7 Å². The number of ether oxygens (including phenoxy) is 1. The van der Waals surface area contributed by atoms with Gasteiger partial charge in [-0.05, 0) is 60.7 Å². The largest absolute Gasteiger partial charge is 0.497 e. The van der Waals surface area contributed by atoms with Gasteiger partial charge in [0.1, 0.15) is 18.1 Å². The van der Waals surface area contributed by atoms with E-state index in [2.05, 4.69) is 25.8 Å². The van der Waals surface area contributed by atoms with E-state index in [-0.39, 0.29) is 5.82 Å². The highest BCUT2D eigenvalue weighted by Crippen LogP contribution is 2.19. The molecular weight excluding hydrogens is 375 g/mol. The first-order valence-electron chi connectivity index (χ1n) is 9.00. The summed E-state index contributed by atoms with van der Waals surface area (Å²) in [5.74, 6) is 1.28. The Morgan fingerprint density at radius 3 is 2.46 bits per heavy atom. The van der Waals surface area contributed by atoms with Gasteiger partial charge in [-0.3, -0.25) is 4.57 Å². The average molecular weight is 400 g/mol. The van der Waals surface area contributed by atoms with Crippen LogP contribution in [0, 0.1) is 10.6 Å². The van der Waals surface area contributed by atoms with Crippen LogP contribution in [0.25, 0.3) is 11.4 Å². The number of rotatable bonds is 8. The van der Waals surface area contributed by atoms with Crippen LogP contribution in [0.1, 0.15) is 5.56 Å². The van der Waals surface area contributed by atoms with Crippen molar-refractivity contribution in [2.75, 3.05) is 14.2 Å². The molecule has 0 aliphatic carbocycles. The third-order valence-electron chi connectivity index (χ3n) is 4.42. The van der Waals surface area contributed by atoms with E-state index in [4.69, 9.17) is 22.1 Å². The standard InChI is InChI=1S/C21H23FN4OS/c1-4-13-25-20(17-7-9-18(22)10-8-17)23-26(21(25)28)15-24(2)14-16-5-11-19(27-3)12-6-16/h4-12H,1,13-15H2,2-3H3/p+1. The number of benzene rings is 2. The van der Waals surface area contributed by atoms with Crippen LogP contribution in [0.15, 0.2) is 61.2 Å². The summed E-state index contributed by atoms with van der Waals surface area (Å²) in [6, 6.07) is 14.3. The van der Waals surface area contributed by atoms with Crippen LogP contribution >= 0.6 is 12.2 Å². The van der Waals surface area contributed by atoms with E-state index in [9.17, 15) is 4.39 Å². The lowest BCUT2D eigenvalue weighted by Crippen LogP contribution is -3.07. The van der Waals surface area contributed by atoms with E-state index in [1.165, 1.54) is 22.6 Å². The molecule has 0 saturated heterocycles. The number of hydrogen-bond donors (Lipinski definition) is 1. The fourth-order valence-corrected chi connectivity index (χ4v) is 3.32. The normalized spacial score (nSPS) is 12.0. The minimum absolute atomic E-state index is 0.277. The Bertz CT molecular complexity index is 993. The fourth-order valence-electron chi connectivity index (χ4n) is 3.05. The van der Waals surface area contributed by atoms with Gasteiger partial charge in [-0.25, -0.2) is 4.39 Å². The van der Waals surface area contributed by atoms with E-state index < -0.39 is 0 Å². The second kappa shape index (κ2) is 8.95. The van der Waals surface area contributed by atoms with E-state index in [0.29, 0.717) is 23.8 Å². The van der Waals surface area contributed by atoms with Crippen LogP contribution in [-0.4, -0.2) is 28.5 Å². The minimum atomic E-state index is -0.277. The van der Waals surface area contributed by atoms with Crippen molar-refractivity contribution in [1.29, 1.82) is 0 Å². The van der Waals surface area contributed by atoms with Crippen molar-refractivity contribution in [2.24, 2.45) is 0 Å². The van der Waals surface area contributed by atoms with Crippen LogP contribution in [0.4, 0.5) is 4.39 Å². The van der Waals surface area contributed by atoms with E-state index in [1.807, 2.05) is 21.4 Å². The molecule has 2 aromatic carbocycles. The summed E-state index contributed by atoms with van der Waals surface area (Å²) in [6.07, 6.45) is 1.78. The van der Waals surface area contributed by atoms with Gasteiger partial charge in [0.05, 0.1) is 14.2 Å². The molecular formula is C21H24FN4OS+. The van der Waals surface area contributed by atoms with Gasteiger partial charge in [-0.2, -0.15) is 4.68 Å². The first-order chi connectivity index (χ1) is 13.5. The summed E-state index contributed by atoms with van der Waals surface area (Å²) in [5.41, 5.74) is 2.02. The lowest BCUT2D eigenvalue weighted by atomic mass is 10.2. The number of nitrogens with one attached hydrogen (secondary N) is 1. The minimum Gasteiger partial charge on any atom is -0.497 e. The number of aromatic nitrogens is 3. The molecule has 1 aromatic heterocycles. The van der Waals surface area contributed by atoms with Crippen LogP contribution in [0.3, 0.4) is 0 Å². The Morgan fingerprint density at radius 2 is 1.86 bits per heavy atom. The first-order valence-corrected chi connectivity index (χ1v) is 9.41.